The first kappa shape index (κ1) is 22.5. The molecule has 0 bridgehead atoms. The van der Waals surface area contributed by atoms with Crippen LogP contribution >= 0.6 is 22.6 Å². The minimum Gasteiger partial charge on any atom is -0.379 e. The molecular weight excluding hydrogens is 475 g/mol. The molecule has 0 aliphatic carbocycles. The summed E-state index contributed by atoms with van der Waals surface area (Å²) in [6.07, 6.45) is 2.55. The molecular formula is C24H33IN2O2. The molecule has 2 aromatic rings. The van der Waals surface area contributed by atoms with Crippen LogP contribution in [0.2, 0.25) is 0 Å². The largest absolute Gasteiger partial charge is 0.379 e. The number of halogens is 1. The van der Waals surface area contributed by atoms with Gasteiger partial charge < -0.3 is 14.4 Å². The lowest BCUT2D eigenvalue weighted by Gasteiger charge is -2.35. The van der Waals surface area contributed by atoms with Crippen molar-refractivity contribution in [2.75, 3.05) is 44.9 Å². The monoisotopic (exact) mass is 508 g/mol. The van der Waals surface area contributed by atoms with E-state index in [1.165, 1.54) is 24.1 Å². The summed E-state index contributed by atoms with van der Waals surface area (Å²) in [5.74, 6) is 0. The third-order valence-electron chi connectivity index (χ3n) is 5.61. The van der Waals surface area contributed by atoms with Gasteiger partial charge in [-0.3, -0.25) is 4.90 Å². The van der Waals surface area contributed by atoms with Crippen molar-refractivity contribution in [3.8, 4) is 0 Å². The number of hydrogen-bond acceptors (Lipinski definition) is 4. The quantitative estimate of drug-likeness (QED) is 0.243. The Labute approximate surface area is 189 Å². The van der Waals surface area contributed by atoms with Crippen LogP contribution in [0.15, 0.2) is 60.7 Å². The van der Waals surface area contributed by atoms with Crippen LogP contribution in [0.5, 0.6) is 0 Å². The Morgan fingerprint density at radius 3 is 2.48 bits per heavy atom. The van der Waals surface area contributed by atoms with Crippen LogP contribution in [-0.2, 0) is 16.0 Å². The molecule has 158 valence electrons. The second-order valence-electron chi connectivity index (χ2n) is 7.81. The first-order chi connectivity index (χ1) is 14.1. The normalized spacial score (nSPS) is 20.7. The smallest absolute Gasteiger partial charge is 0.0967 e. The highest BCUT2D eigenvalue weighted by Crippen LogP contribution is 2.36. The lowest BCUT2D eigenvalue weighted by molar-refractivity contribution is -0.00188. The van der Waals surface area contributed by atoms with Gasteiger partial charge in [0.25, 0.3) is 0 Å². The van der Waals surface area contributed by atoms with Gasteiger partial charge in [-0.25, -0.2) is 0 Å². The molecule has 0 spiro atoms. The topological polar surface area (TPSA) is 24.9 Å². The first-order valence-corrected chi connectivity index (χ1v) is 11.6. The summed E-state index contributed by atoms with van der Waals surface area (Å²) in [4.78, 5) is 5.09. The van der Waals surface area contributed by atoms with E-state index in [1.54, 1.807) is 7.11 Å². The van der Waals surface area contributed by atoms with Crippen LogP contribution in [0.4, 0.5) is 5.69 Å². The number of benzene rings is 2. The highest BCUT2D eigenvalue weighted by atomic mass is 127. The Morgan fingerprint density at radius 1 is 1.10 bits per heavy atom. The molecule has 0 N–H and O–H groups in total. The fourth-order valence-electron chi connectivity index (χ4n) is 3.81. The van der Waals surface area contributed by atoms with Gasteiger partial charge in [-0.15, -0.1) is 0 Å². The molecule has 1 aliphatic rings. The molecule has 3 rings (SSSR count). The highest BCUT2D eigenvalue weighted by molar-refractivity contribution is 14.1. The predicted molar refractivity (Wildman–Crippen MR) is 129 cm³/mol. The van der Waals surface area contributed by atoms with Crippen molar-refractivity contribution in [2.45, 2.75) is 36.0 Å². The van der Waals surface area contributed by atoms with E-state index in [0.717, 1.165) is 32.8 Å². The number of likely N-dealkylation sites (tertiary alicyclic amines) is 1. The van der Waals surface area contributed by atoms with Crippen LogP contribution in [0.3, 0.4) is 0 Å². The van der Waals surface area contributed by atoms with E-state index in [2.05, 4.69) is 93.1 Å². The van der Waals surface area contributed by atoms with Crippen molar-refractivity contribution in [1.82, 2.24) is 4.90 Å². The summed E-state index contributed by atoms with van der Waals surface area (Å²) in [5, 5.41) is 0. The Morgan fingerprint density at radius 2 is 1.79 bits per heavy atom. The molecule has 4 nitrogen and oxygen atoms in total. The summed E-state index contributed by atoms with van der Waals surface area (Å²) < 4.78 is 11.4. The molecule has 2 aromatic carbocycles. The minimum atomic E-state index is 0.0837. The Balaban J connectivity index is 1.61. The lowest BCUT2D eigenvalue weighted by atomic mass is 10.2. The number of rotatable bonds is 11. The Hall–Kier alpha value is -1.15. The van der Waals surface area contributed by atoms with Crippen LogP contribution in [0.1, 0.15) is 25.3 Å². The minimum absolute atomic E-state index is 0.0837. The lowest BCUT2D eigenvalue weighted by Crippen LogP contribution is -2.46. The molecule has 0 aromatic heterocycles. The van der Waals surface area contributed by atoms with E-state index in [0.29, 0.717) is 6.61 Å². The predicted octanol–water partition coefficient (Wildman–Crippen LogP) is 4.97. The first-order valence-electron chi connectivity index (χ1n) is 10.5. The number of nitrogens with zero attached hydrogens (tertiary/aromatic N) is 2. The SMILES string of the molecule is COC(C)COCC1(I)CCCN1CCN(Cc1ccccc1)c1ccccc1. The number of para-hydroxylation sites is 1. The van der Waals surface area contributed by atoms with Crippen LogP contribution < -0.4 is 4.90 Å². The van der Waals surface area contributed by atoms with Crippen LogP contribution in [0, 0.1) is 0 Å². The fourth-order valence-corrected chi connectivity index (χ4v) is 4.89. The van der Waals surface area contributed by atoms with Gasteiger partial charge in [-0.2, -0.15) is 0 Å². The Kier molecular flexibility index (Phi) is 8.78. The average Bonchev–Trinajstić information content (AvgIpc) is 3.12. The van der Waals surface area contributed by atoms with Crippen LogP contribution in [0.25, 0.3) is 0 Å². The molecule has 5 heteroatoms. The number of methoxy groups -OCH3 is 1. The van der Waals surface area contributed by atoms with Gasteiger partial charge in [0.15, 0.2) is 0 Å². The van der Waals surface area contributed by atoms with Crippen molar-refractivity contribution in [3.05, 3.63) is 66.2 Å². The van der Waals surface area contributed by atoms with Crippen molar-refractivity contribution in [3.63, 3.8) is 0 Å². The van der Waals surface area contributed by atoms with Gasteiger partial charge in [0.1, 0.15) is 0 Å². The zero-order chi connectivity index (χ0) is 20.5. The Bertz CT molecular complexity index is 715. The summed E-state index contributed by atoms with van der Waals surface area (Å²) in [5.41, 5.74) is 2.62. The maximum atomic E-state index is 6.00. The second-order valence-corrected chi connectivity index (χ2v) is 9.82. The molecule has 29 heavy (non-hydrogen) atoms. The number of ether oxygens (including phenoxy) is 2. The molecule has 2 unspecified atom stereocenters. The van der Waals surface area contributed by atoms with Gasteiger partial charge in [-0.1, -0.05) is 71.1 Å². The van der Waals surface area contributed by atoms with Crippen LogP contribution in [-0.4, -0.2) is 54.5 Å². The van der Waals surface area contributed by atoms with Gasteiger partial charge >= 0.3 is 0 Å². The third-order valence-corrected chi connectivity index (χ3v) is 7.14. The van der Waals surface area contributed by atoms with E-state index >= 15 is 0 Å². The van der Waals surface area contributed by atoms with Gasteiger partial charge in [-0.05, 0) is 44.0 Å². The maximum Gasteiger partial charge on any atom is 0.0967 e. The molecule has 1 fully saturated rings. The summed E-state index contributed by atoms with van der Waals surface area (Å²) in [6.45, 7) is 7.55. The molecule has 1 saturated heterocycles. The van der Waals surface area contributed by atoms with Crippen molar-refractivity contribution in [2.24, 2.45) is 0 Å². The number of hydrogen-bond donors (Lipinski definition) is 0. The van der Waals surface area contributed by atoms with Gasteiger partial charge in [0, 0.05) is 32.4 Å². The van der Waals surface area contributed by atoms with Crippen molar-refractivity contribution < 1.29 is 9.47 Å². The molecule has 0 saturated carbocycles. The van der Waals surface area contributed by atoms with Crippen molar-refractivity contribution in [1.29, 1.82) is 0 Å². The zero-order valence-corrected chi connectivity index (χ0v) is 19.8. The van der Waals surface area contributed by atoms with E-state index in [1.807, 2.05) is 6.92 Å². The molecule has 1 aliphatic heterocycles. The number of alkyl halides is 1. The van der Waals surface area contributed by atoms with E-state index in [-0.39, 0.29) is 9.65 Å². The standard InChI is InChI=1S/C24H33IN2O2/c1-21(28-2)19-29-20-24(25)14-9-15-27(24)17-16-26(23-12-7-4-8-13-23)18-22-10-5-3-6-11-22/h3-8,10-13,21H,9,14-20H2,1-2H3. The van der Waals surface area contributed by atoms with E-state index < -0.39 is 0 Å². The molecule has 2 atom stereocenters. The fraction of sp³-hybridized carbons (Fsp3) is 0.500. The molecule has 0 amide bonds. The summed E-state index contributed by atoms with van der Waals surface area (Å²) >= 11 is 2.61. The highest BCUT2D eigenvalue weighted by Gasteiger charge is 2.38. The van der Waals surface area contributed by atoms with E-state index in [9.17, 15) is 0 Å². The second kappa shape index (κ2) is 11.3. The van der Waals surface area contributed by atoms with Gasteiger partial charge in [0.2, 0.25) is 0 Å². The average molecular weight is 508 g/mol. The summed E-state index contributed by atoms with van der Waals surface area (Å²) in [6, 6.07) is 21.5. The number of anilines is 1. The maximum absolute atomic E-state index is 6.00. The third kappa shape index (κ3) is 6.67. The van der Waals surface area contributed by atoms with E-state index in [4.69, 9.17) is 9.47 Å². The van der Waals surface area contributed by atoms with Crippen molar-refractivity contribution >= 4 is 28.3 Å². The molecule has 1 heterocycles. The van der Waals surface area contributed by atoms with Gasteiger partial charge in [0.05, 0.1) is 22.9 Å². The summed E-state index contributed by atoms with van der Waals surface area (Å²) in [7, 11) is 1.74. The zero-order valence-electron chi connectivity index (χ0n) is 17.6. The molecule has 0 radical (unpaired) electrons.